The second-order valence-electron chi connectivity index (χ2n) is 7.70. The van der Waals surface area contributed by atoms with Gasteiger partial charge in [0, 0.05) is 50.9 Å². The lowest BCUT2D eigenvalue weighted by molar-refractivity contribution is -0.135. The fourth-order valence-electron chi connectivity index (χ4n) is 3.89. The van der Waals surface area contributed by atoms with Gasteiger partial charge in [-0.2, -0.15) is 0 Å². The molecule has 2 aliphatic rings. The van der Waals surface area contributed by atoms with E-state index in [1.807, 2.05) is 18.2 Å². The molecule has 0 bridgehead atoms. The Morgan fingerprint density at radius 2 is 1.81 bits per heavy atom. The van der Waals surface area contributed by atoms with Gasteiger partial charge in [-0.15, -0.1) is 0 Å². The Bertz CT molecular complexity index is 1000. The molecule has 8 heteroatoms. The van der Waals surface area contributed by atoms with E-state index in [2.05, 4.69) is 5.32 Å². The van der Waals surface area contributed by atoms with Crippen molar-refractivity contribution in [2.45, 2.75) is 13.0 Å². The predicted molar refractivity (Wildman–Crippen MR) is 114 cm³/mol. The Hall–Kier alpha value is -3.55. The maximum Gasteiger partial charge on any atom is 0.251 e. The number of nitrogens with zero attached hydrogens (tertiary/aromatic N) is 2. The largest absolute Gasteiger partial charge is 0.486 e. The van der Waals surface area contributed by atoms with Crippen LogP contribution in [0.25, 0.3) is 0 Å². The van der Waals surface area contributed by atoms with Crippen LogP contribution in [0.4, 0.5) is 5.69 Å². The van der Waals surface area contributed by atoms with Crippen molar-refractivity contribution in [1.29, 1.82) is 0 Å². The molecule has 4 rings (SSSR count). The van der Waals surface area contributed by atoms with Crippen LogP contribution in [0.5, 0.6) is 11.5 Å². The van der Waals surface area contributed by atoms with Gasteiger partial charge in [0.05, 0.1) is 5.92 Å². The maximum absolute atomic E-state index is 13.0. The van der Waals surface area contributed by atoms with Crippen molar-refractivity contribution >= 4 is 23.4 Å². The van der Waals surface area contributed by atoms with E-state index in [0.717, 1.165) is 5.56 Å². The van der Waals surface area contributed by atoms with E-state index in [9.17, 15) is 14.4 Å². The molecule has 0 aliphatic carbocycles. The number of fused-ring (bicyclic) bond motifs is 1. The highest BCUT2D eigenvalue weighted by Gasteiger charge is 2.37. The lowest BCUT2D eigenvalue weighted by Crippen LogP contribution is -2.34. The molecule has 0 radical (unpaired) electrons. The summed E-state index contributed by atoms with van der Waals surface area (Å²) in [6.45, 7) is 1.71. The molecule has 2 aromatic carbocycles. The minimum atomic E-state index is -0.407. The first-order valence-corrected chi connectivity index (χ1v) is 10.2. The first-order valence-electron chi connectivity index (χ1n) is 10.2. The van der Waals surface area contributed by atoms with Crippen LogP contribution in [0.3, 0.4) is 0 Å². The van der Waals surface area contributed by atoms with E-state index in [4.69, 9.17) is 9.47 Å². The Kier molecular flexibility index (Phi) is 5.79. The summed E-state index contributed by atoms with van der Waals surface area (Å²) in [4.78, 5) is 40.5. The molecule has 1 N–H and O–H groups in total. The van der Waals surface area contributed by atoms with Gasteiger partial charge < -0.3 is 24.6 Å². The van der Waals surface area contributed by atoms with E-state index in [1.165, 1.54) is 0 Å². The zero-order chi connectivity index (χ0) is 22.0. The van der Waals surface area contributed by atoms with Crippen molar-refractivity contribution in [2.24, 2.45) is 5.92 Å². The van der Waals surface area contributed by atoms with Crippen molar-refractivity contribution < 1.29 is 23.9 Å². The number of nitrogens with one attached hydrogen (secondary N) is 1. The summed E-state index contributed by atoms with van der Waals surface area (Å²) in [5, 5.41) is 2.58. The number of carbonyl (C=O) groups excluding carboxylic acids is 3. The van der Waals surface area contributed by atoms with Gasteiger partial charge in [-0.3, -0.25) is 14.4 Å². The first kappa shape index (κ1) is 20.7. The number of rotatable bonds is 5. The highest BCUT2D eigenvalue weighted by atomic mass is 16.6. The molecule has 2 aliphatic heterocycles. The van der Waals surface area contributed by atoms with Crippen LogP contribution >= 0.6 is 0 Å². The van der Waals surface area contributed by atoms with Crippen LogP contribution < -0.4 is 19.7 Å². The van der Waals surface area contributed by atoms with Gasteiger partial charge in [0.1, 0.15) is 13.2 Å². The van der Waals surface area contributed by atoms with E-state index >= 15 is 0 Å². The van der Waals surface area contributed by atoms with E-state index < -0.39 is 5.92 Å². The fourth-order valence-corrected chi connectivity index (χ4v) is 3.89. The summed E-state index contributed by atoms with van der Waals surface area (Å²) in [7, 11) is 3.31. The summed E-state index contributed by atoms with van der Waals surface area (Å²) in [5.41, 5.74) is 2.19. The quantitative estimate of drug-likeness (QED) is 0.793. The molecule has 3 amide bonds. The van der Waals surface area contributed by atoms with Crippen LogP contribution in [0.1, 0.15) is 22.3 Å². The molecule has 0 spiro atoms. The molecule has 1 saturated heterocycles. The average molecular weight is 423 g/mol. The average Bonchev–Trinajstić information content (AvgIpc) is 3.19. The molecule has 0 saturated carbocycles. The van der Waals surface area contributed by atoms with Gasteiger partial charge in [0.2, 0.25) is 11.8 Å². The van der Waals surface area contributed by atoms with Crippen molar-refractivity contribution in [3.8, 4) is 11.5 Å². The molecule has 31 heavy (non-hydrogen) atoms. The number of benzene rings is 2. The number of amides is 3. The predicted octanol–water partition coefficient (Wildman–Crippen LogP) is 1.83. The summed E-state index contributed by atoms with van der Waals surface area (Å²) in [5.74, 6) is 0.553. The molecular weight excluding hydrogens is 398 g/mol. The lowest BCUT2D eigenvalue weighted by atomic mass is 10.1. The third kappa shape index (κ3) is 4.33. The number of ether oxygens (including phenoxy) is 2. The smallest absolute Gasteiger partial charge is 0.251 e. The zero-order valence-electron chi connectivity index (χ0n) is 17.6. The monoisotopic (exact) mass is 423 g/mol. The molecule has 1 fully saturated rings. The van der Waals surface area contributed by atoms with Crippen molar-refractivity contribution in [3.63, 3.8) is 0 Å². The van der Waals surface area contributed by atoms with Gasteiger partial charge >= 0.3 is 0 Å². The highest BCUT2D eigenvalue weighted by Crippen LogP contribution is 2.36. The standard InChI is InChI=1S/C23H25N3O5/c1-24-22(28)16-5-3-15(4-6-16)13-25(2)23(29)17-11-21(27)26(14-17)18-7-8-19-20(12-18)31-10-9-30-19/h3-8,12,17H,9-11,13-14H2,1-2H3,(H,24,28)/t17-/m0/s1. The number of hydrogen-bond acceptors (Lipinski definition) is 5. The molecular formula is C23H25N3O5. The van der Waals surface area contributed by atoms with Crippen molar-refractivity contribution in [2.75, 3.05) is 38.8 Å². The molecule has 0 aromatic heterocycles. The highest BCUT2D eigenvalue weighted by molar-refractivity contribution is 6.00. The topological polar surface area (TPSA) is 88.2 Å². The van der Waals surface area contributed by atoms with Gasteiger partial charge in [0.25, 0.3) is 5.91 Å². The van der Waals surface area contributed by atoms with Gasteiger partial charge in [-0.25, -0.2) is 0 Å². The van der Waals surface area contributed by atoms with Crippen LogP contribution in [0.15, 0.2) is 42.5 Å². The Balaban J connectivity index is 1.40. The second kappa shape index (κ2) is 8.67. The summed E-state index contributed by atoms with van der Waals surface area (Å²) in [6.07, 6.45) is 0.174. The maximum atomic E-state index is 13.0. The Morgan fingerprint density at radius 1 is 1.10 bits per heavy atom. The van der Waals surface area contributed by atoms with Gasteiger partial charge in [-0.1, -0.05) is 12.1 Å². The summed E-state index contributed by atoms with van der Waals surface area (Å²) >= 11 is 0. The van der Waals surface area contributed by atoms with Crippen LogP contribution in [0.2, 0.25) is 0 Å². The van der Waals surface area contributed by atoms with E-state index in [0.29, 0.717) is 49.1 Å². The lowest BCUT2D eigenvalue weighted by Gasteiger charge is -2.23. The molecule has 0 unspecified atom stereocenters. The van der Waals surface area contributed by atoms with Crippen molar-refractivity contribution in [1.82, 2.24) is 10.2 Å². The van der Waals surface area contributed by atoms with Gasteiger partial charge in [0.15, 0.2) is 11.5 Å². The van der Waals surface area contributed by atoms with Crippen molar-refractivity contribution in [3.05, 3.63) is 53.6 Å². The first-order chi connectivity index (χ1) is 15.0. The number of carbonyl (C=O) groups is 3. The minimum absolute atomic E-state index is 0.0798. The van der Waals surface area contributed by atoms with E-state index in [-0.39, 0.29) is 24.1 Å². The summed E-state index contributed by atoms with van der Waals surface area (Å²) < 4.78 is 11.1. The number of hydrogen-bond donors (Lipinski definition) is 1. The number of anilines is 1. The second-order valence-corrected chi connectivity index (χ2v) is 7.70. The molecule has 8 nitrogen and oxygen atoms in total. The third-order valence-electron chi connectivity index (χ3n) is 5.55. The third-order valence-corrected chi connectivity index (χ3v) is 5.55. The molecule has 162 valence electrons. The molecule has 2 aromatic rings. The van der Waals surface area contributed by atoms with E-state index in [1.54, 1.807) is 48.2 Å². The Labute approximate surface area is 180 Å². The minimum Gasteiger partial charge on any atom is -0.486 e. The normalized spacial score (nSPS) is 17.4. The summed E-state index contributed by atoms with van der Waals surface area (Å²) in [6, 6.07) is 12.5. The fraction of sp³-hybridized carbons (Fsp3) is 0.348. The Morgan fingerprint density at radius 3 is 2.52 bits per heavy atom. The van der Waals surface area contributed by atoms with Crippen LogP contribution in [-0.2, 0) is 16.1 Å². The zero-order valence-corrected chi connectivity index (χ0v) is 17.6. The SMILES string of the molecule is CNC(=O)c1ccc(CN(C)C(=O)[C@H]2CC(=O)N(c3ccc4c(c3)OCCO4)C2)cc1. The van der Waals surface area contributed by atoms with Crippen LogP contribution in [-0.4, -0.2) is 56.5 Å². The molecule has 2 heterocycles. The molecule has 1 atom stereocenters. The van der Waals surface area contributed by atoms with Crippen LogP contribution in [0, 0.1) is 5.92 Å². The van der Waals surface area contributed by atoms with Gasteiger partial charge in [-0.05, 0) is 29.8 Å².